The van der Waals surface area contributed by atoms with Gasteiger partial charge in [0.15, 0.2) is 0 Å². The third kappa shape index (κ3) is 2.16. The van der Waals surface area contributed by atoms with Crippen LogP contribution in [0.25, 0.3) is 0 Å². The first-order valence-electron chi connectivity index (χ1n) is 4.22. The van der Waals surface area contributed by atoms with Crippen LogP contribution in [0.3, 0.4) is 0 Å². The number of rotatable bonds is 1. The predicted octanol–water partition coefficient (Wildman–Crippen LogP) is -3.64. The molecular formula is C7H16N2O4. The maximum atomic E-state index is 9.42. The van der Waals surface area contributed by atoms with Crippen molar-refractivity contribution in [1.82, 2.24) is 5.32 Å². The smallest absolute Gasteiger partial charge is 0.109 e. The molecule has 0 saturated carbocycles. The van der Waals surface area contributed by atoms with E-state index in [2.05, 4.69) is 5.32 Å². The van der Waals surface area contributed by atoms with Crippen molar-refractivity contribution in [2.24, 2.45) is 5.73 Å². The second-order valence-corrected chi connectivity index (χ2v) is 3.33. The molecule has 0 spiro atoms. The highest BCUT2D eigenvalue weighted by molar-refractivity contribution is 4.94. The van der Waals surface area contributed by atoms with Crippen LogP contribution in [0.15, 0.2) is 0 Å². The Bertz CT molecular complexity index is 167. The lowest BCUT2D eigenvalue weighted by Gasteiger charge is -2.24. The molecular weight excluding hydrogens is 176 g/mol. The highest BCUT2D eigenvalue weighted by atomic mass is 16.4. The molecule has 1 rings (SSSR count). The van der Waals surface area contributed by atoms with Gasteiger partial charge in [0.05, 0.1) is 24.9 Å². The molecule has 13 heavy (non-hydrogen) atoms. The molecule has 0 aliphatic carbocycles. The second kappa shape index (κ2) is 4.32. The van der Waals surface area contributed by atoms with E-state index in [4.69, 9.17) is 10.8 Å². The Hall–Kier alpha value is -0.240. The van der Waals surface area contributed by atoms with Gasteiger partial charge < -0.3 is 31.5 Å². The van der Waals surface area contributed by atoms with Gasteiger partial charge in [-0.05, 0) is 0 Å². The molecule has 1 heterocycles. The summed E-state index contributed by atoms with van der Waals surface area (Å²) in [6, 6.07) is -1.28. The number of hydrogen-bond acceptors (Lipinski definition) is 6. The fourth-order valence-corrected chi connectivity index (χ4v) is 1.39. The minimum absolute atomic E-state index is 0.251. The predicted molar refractivity (Wildman–Crippen MR) is 44.9 cm³/mol. The Kier molecular flexibility index (Phi) is 3.60. The summed E-state index contributed by atoms with van der Waals surface area (Å²) in [6.07, 6.45) is -3.69. The first-order chi connectivity index (χ1) is 6.07. The van der Waals surface area contributed by atoms with Crippen LogP contribution in [0.2, 0.25) is 0 Å². The third-order valence-corrected chi connectivity index (χ3v) is 2.36. The lowest BCUT2D eigenvalue weighted by Crippen LogP contribution is -2.49. The van der Waals surface area contributed by atoms with Crippen LogP contribution in [0.5, 0.6) is 0 Å². The molecule has 1 fully saturated rings. The number of aliphatic hydroxyl groups excluding tert-OH is 4. The van der Waals surface area contributed by atoms with Crippen molar-refractivity contribution in [3.8, 4) is 0 Å². The van der Waals surface area contributed by atoms with E-state index in [0.29, 0.717) is 0 Å². The molecule has 0 radical (unpaired) electrons. The van der Waals surface area contributed by atoms with Gasteiger partial charge in [-0.3, -0.25) is 0 Å². The van der Waals surface area contributed by atoms with Gasteiger partial charge in [0.1, 0.15) is 6.10 Å². The zero-order valence-corrected chi connectivity index (χ0v) is 7.17. The minimum atomic E-state index is -1.32. The van der Waals surface area contributed by atoms with Crippen molar-refractivity contribution >= 4 is 0 Å². The Balaban J connectivity index is 2.69. The first-order valence-corrected chi connectivity index (χ1v) is 4.22. The van der Waals surface area contributed by atoms with Crippen molar-refractivity contribution in [2.75, 3.05) is 13.2 Å². The summed E-state index contributed by atoms with van der Waals surface area (Å²) in [4.78, 5) is 0. The van der Waals surface area contributed by atoms with Crippen LogP contribution in [0, 0.1) is 0 Å². The highest BCUT2D eigenvalue weighted by Crippen LogP contribution is 2.10. The lowest BCUT2D eigenvalue weighted by molar-refractivity contribution is -0.0714. The molecule has 5 atom stereocenters. The molecule has 1 saturated heterocycles. The SMILES string of the molecule is N[C@@H]1CN[C@@H](CO)[C@@H](O)[C@H](O)[C@H]1O. The maximum absolute atomic E-state index is 9.42. The maximum Gasteiger partial charge on any atom is 0.109 e. The standard InChI is InChI=1S/C7H16N2O4/c8-3-1-9-4(2-10)6(12)7(13)5(3)11/h3-7,9-13H,1-2,8H2/t3-,4+,5+,6-,7-/m1/s1. The monoisotopic (exact) mass is 192 g/mol. The largest absolute Gasteiger partial charge is 0.395 e. The lowest BCUT2D eigenvalue weighted by atomic mass is 10.0. The third-order valence-electron chi connectivity index (χ3n) is 2.36. The van der Waals surface area contributed by atoms with Crippen LogP contribution in [-0.2, 0) is 0 Å². The quantitative estimate of drug-likeness (QED) is 0.255. The van der Waals surface area contributed by atoms with Crippen LogP contribution < -0.4 is 11.1 Å². The Morgan fingerprint density at radius 3 is 2.31 bits per heavy atom. The van der Waals surface area contributed by atoms with Crippen molar-refractivity contribution < 1.29 is 20.4 Å². The number of aliphatic hydroxyl groups is 4. The molecule has 6 heteroatoms. The first kappa shape index (κ1) is 10.8. The van der Waals surface area contributed by atoms with Crippen LogP contribution in [-0.4, -0.2) is 64.0 Å². The number of hydrogen-bond donors (Lipinski definition) is 6. The van der Waals surface area contributed by atoms with E-state index in [1.54, 1.807) is 0 Å². The van der Waals surface area contributed by atoms with Crippen molar-refractivity contribution in [3.63, 3.8) is 0 Å². The molecule has 1 aliphatic heterocycles. The summed E-state index contributed by atoms with van der Waals surface area (Å²) in [5.74, 6) is 0. The average Bonchev–Trinajstić information content (AvgIpc) is 2.22. The summed E-state index contributed by atoms with van der Waals surface area (Å²) in [5.41, 5.74) is 5.48. The van der Waals surface area contributed by atoms with E-state index in [0.717, 1.165) is 0 Å². The zero-order chi connectivity index (χ0) is 10.0. The summed E-state index contributed by atoms with van der Waals surface area (Å²) < 4.78 is 0. The normalized spacial score (nSPS) is 47.3. The van der Waals surface area contributed by atoms with Crippen molar-refractivity contribution in [2.45, 2.75) is 30.4 Å². The zero-order valence-electron chi connectivity index (χ0n) is 7.17. The summed E-state index contributed by atoms with van der Waals surface area (Å²) in [6.45, 7) is -0.0574. The molecule has 0 unspecified atom stereocenters. The van der Waals surface area contributed by atoms with E-state index in [9.17, 15) is 15.3 Å². The van der Waals surface area contributed by atoms with Gasteiger partial charge in [-0.2, -0.15) is 0 Å². The molecule has 6 nitrogen and oxygen atoms in total. The minimum Gasteiger partial charge on any atom is -0.395 e. The van der Waals surface area contributed by atoms with Gasteiger partial charge in [-0.15, -0.1) is 0 Å². The summed E-state index contributed by atoms with van der Waals surface area (Å²) in [5, 5.41) is 39.7. The fourth-order valence-electron chi connectivity index (χ4n) is 1.39. The van der Waals surface area contributed by atoms with Crippen molar-refractivity contribution in [1.29, 1.82) is 0 Å². The van der Waals surface area contributed by atoms with Crippen molar-refractivity contribution in [3.05, 3.63) is 0 Å². The van der Waals surface area contributed by atoms with E-state index in [1.807, 2.05) is 0 Å². The average molecular weight is 192 g/mol. The van der Waals surface area contributed by atoms with E-state index < -0.39 is 30.4 Å². The van der Waals surface area contributed by atoms with Gasteiger partial charge in [-0.1, -0.05) is 0 Å². The molecule has 0 aromatic heterocycles. The van der Waals surface area contributed by atoms with Gasteiger partial charge in [-0.25, -0.2) is 0 Å². The van der Waals surface area contributed by atoms with Gasteiger partial charge in [0.25, 0.3) is 0 Å². The molecule has 78 valence electrons. The topological polar surface area (TPSA) is 119 Å². The molecule has 1 aliphatic rings. The van der Waals surface area contributed by atoms with E-state index in [1.165, 1.54) is 0 Å². The number of nitrogens with two attached hydrogens (primary N) is 1. The van der Waals surface area contributed by atoms with E-state index in [-0.39, 0.29) is 13.2 Å². The van der Waals surface area contributed by atoms with Gasteiger partial charge >= 0.3 is 0 Å². The highest BCUT2D eigenvalue weighted by Gasteiger charge is 2.37. The Labute approximate surface area is 76.0 Å². The fraction of sp³-hybridized carbons (Fsp3) is 1.00. The van der Waals surface area contributed by atoms with Gasteiger partial charge in [0.2, 0.25) is 0 Å². The molecule has 0 amide bonds. The van der Waals surface area contributed by atoms with Gasteiger partial charge in [0, 0.05) is 12.6 Å². The van der Waals surface area contributed by atoms with Crippen LogP contribution >= 0.6 is 0 Å². The Morgan fingerprint density at radius 1 is 1.15 bits per heavy atom. The number of nitrogens with one attached hydrogen (secondary N) is 1. The van der Waals surface area contributed by atoms with Crippen LogP contribution in [0.1, 0.15) is 0 Å². The summed E-state index contributed by atoms with van der Waals surface area (Å²) >= 11 is 0. The molecule has 7 N–H and O–H groups in total. The second-order valence-electron chi connectivity index (χ2n) is 3.33. The van der Waals surface area contributed by atoms with Crippen LogP contribution in [0.4, 0.5) is 0 Å². The molecule has 0 aromatic rings. The summed E-state index contributed by atoms with van der Waals surface area (Å²) in [7, 11) is 0. The molecule has 0 aromatic carbocycles. The Morgan fingerprint density at radius 2 is 1.77 bits per heavy atom. The molecule has 0 bridgehead atoms. The van der Waals surface area contributed by atoms with E-state index >= 15 is 0 Å².